The van der Waals surface area contributed by atoms with E-state index in [0.717, 1.165) is 25.1 Å². The topological polar surface area (TPSA) is 58.2 Å². The van der Waals surface area contributed by atoms with Crippen LogP contribution in [0.5, 0.6) is 0 Å². The summed E-state index contributed by atoms with van der Waals surface area (Å²) in [7, 11) is -1.63. The molecule has 0 spiro atoms. The highest BCUT2D eigenvalue weighted by Gasteiger charge is 2.11. The molecule has 0 heterocycles. The van der Waals surface area contributed by atoms with E-state index < -0.39 is 21.7 Å². The zero-order valence-electron chi connectivity index (χ0n) is 10.7. The molecular weight excluding hydrogens is 274 g/mol. The van der Waals surface area contributed by atoms with E-state index in [1.165, 1.54) is 6.07 Å². The van der Waals surface area contributed by atoms with E-state index in [2.05, 4.69) is 10.0 Å². The van der Waals surface area contributed by atoms with Crippen LogP contribution < -0.4 is 10.0 Å². The van der Waals surface area contributed by atoms with Crippen molar-refractivity contribution in [3.63, 3.8) is 0 Å². The van der Waals surface area contributed by atoms with Crippen LogP contribution in [0.25, 0.3) is 0 Å². The first-order valence-electron chi connectivity index (χ1n) is 6.00. The van der Waals surface area contributed by atoms with Gasteiger partial charge in [-0.2, -0.15) is 0 Å². The third-order valence-corrected chi connectivity index (χ3v) is 4.00. The average Bonchev–Trinajstić information content (AvgIpc) is 2.34. The molecule has 1 rings (SSSR count). The van der Waals surface area contributed by atoms with Crippen molar-refractivity contribution in [2.75, 3.05) is 19.3 Å². The summed E-state index contributed by atoms with van der Waals surface area (Å²) in [4.78, 5) is 0. The molecule has 0 aliphatic rings. The minimum Gasteiger partial charge on any atom is -0.320 e. The lowest BCUT2D eigenvalue weighted by molar-refractivity contribution is 0.560. The molecule has 1 aromatic rings. The number of hydrogen-bond acceptors (Lipinski definition) is 3. The summed E-state index contributed by atoms with van der Waals surface area (Å²) in [6.07, 6.45) is 1.28. The number of halogens is 2. The lowest BCUT2D eigenvalue weighted by Crippen LogP contribution is -2.26. The fourth-order valence-electron chi connectivity index (χ4n) is 1.52. The predicted octanol–water partition coefficient (Wildman–Crippen LogP) is 1.38. The summed E-state index contributed by atoms with van der Waals surface area (Å²) in [5.41, 5.74) is 0.125. The van der Waals surface area contributed by atoms with Crippen molar-refractivity contribution in [1.82, 2.24) is 10.0 Å². The molecule has 0 aliphatic carbocycles. The highest BCUT2D eigenvalue weighted by atomic mass is 32.2. The van der Waals surface area contributed by atoms with E-state index in [1.54, 1.807) is 7.05 Å². The van der Waals surface area contributed by atoms with Crippen LogP contribution >= 0.6 is 0 Å². The zero-order chi connectivity index (χ0) is 14.3. The van der Waals surface area contributed by atoms with Crippen molar-refractivity contribution in [2.24, 2.45) is 0 Å². The van der Waals surface area contributed by atoms with E-state index in [-0.39, 0.29) is 17.9 Å². The lowest BCUT2D eigenvalue weighted by Gasteiger charge is -2.07. The van der Waals surface area contributed by atoms with Gasteiger partial charge in [-0.25, -0.2) is 21.9 Å². The van der Waals surface area contributed by atoms with E-state index in [4.69, 9.17) is 0 Å². The molecule has 0 radical (unpaired) electrons. The van der Waals surface area contributed by atoms with Gasteiger partial charge in [-0.05, 0) is 32.5 Å². The van der Waals surface area contributed by atoms with Gasteiger partial charge in [-0.3, -0.25) is 0 Å². The van der Waals surface area contributed by atoms with Gasteiger partial charge in [0.2, 0.25) is 10.0 Å². The maximum Gasteiger partial charge on any atom is 0.211 e. The van der Waals surface area contributed by atoms with Gasteiger partial charge < -0.3 is 5.32 Å². The SMILES string of the molecule is CNCCCCS(=O)(=O)NCc1ccc(F)cc1F. The van der Waals surface area contributed by atoms with E-state index >= 15 is 0 Å². The normalized spacial score (nSPS) is 11.7. The van der Waals surface area contributed by atoms with Crippen molar-refractivity contribution in [2.45, 2.75) is 19.4 Å². The average molecular weight is 292 g/mol. The molecule has 7 heteroatoms. The molecule has 0 aromatic heterocycles. The summed E-state index contributed by atoms with van der Waals surface area (Å²) in [6, 6.07) is 3.06. The quantitative estimate of drug-likeness (QED) is 0.712. The summed E-state index contributed by atoms with van der Waals surface area (Å²) < 4.78 is 51.5. The highest BCUT2D eigenvalue weighted by Crippen LogP contribution is 2.09. The van der Waals surface area contributed by atoms with Gasteiger partial charge in [0, 0.05) is 18.2 Å². The van der Waals surface area contributed by atoms with Crippen LogP contribution in [0, 0.1) is 11.6 Å². The first-order valence-corrected chi connectivity index (χ1v) is 7.66. The molecule has 0 atom stereocenters. The second-order valence-electron chi connectivity index (χ2n) is 4.19. The Hall–Kier alpha value is -1.05. The first-order chi connectivity index (χ1) is 8.94. The Bertz CT molecular complexity index is 506. The molecule has 0 amide bonds. The Labute approximate surface area is 112 Å². The van der Waals surface area contributed by atoms with Gasteiger partial charge in [-0.15, -0.1) is 0 Å². The molecule has 0 saturated carbocycles. The van der Waals surface area contributed by atoms with Crippen LogP contribution in [-0.4, -0.2) is 27.8 Å². The fourth-order valence-corrected chi connectivity index (χ4v) is 2.62. The van der Waals surface area contributed by atoms with Gasteiger partial charge in [0.1, 0.15) is 11.6 Å². The minimum absolute atomic E-state index is 0.00249. The highest BCUT2D eigenvalue weighted by molar-refractivity contribution is 7.89. The predicted molar refractivity (Wildman–Crippen MR) is 70.1 cm³/mol. The van der Waals surface area contributed by atoms with Crippen molar-refractivity contribution in [1.29, 1.82) is 0 Å². The van der Waals surface area contributed by atoms with E-state index in [1.807, 2.05) is 0 Å². The largest absolute Gasteiger partial charge is 0.320 e. The molecule has 0 bridgehead atoms. The Morgan fingerprint density at radius 1 is 1.21 bits per heavy atom. The monoisotopic (exact) mass is 292 g/mol. The van der Waals surface area contributed by atoms with Crippen LogP contribution in [0.4, 0.5) is 8.78 Å². The summed E-state index contributed by atoms with van der Waals surface area (Å²) in [6.45, 7) is 0.586. The summed E-state index contributed by atoms with van der Waals surface area (Å²) >= 11 is 0. The number of rotatable bonds is 8. The van der Waals surface area contributed by atoms with Gasteiger partial charge in [0.25, 0.3) is 0 Å². The van der Waals surface area contributed by atoms with Gasteiger partial charge in [0.15, 0.2) is 0 Å². The Kier molecular flexibility index (Phi) is 6.33. The third kappa shape index (κ3) is 6.09. The van der Waals surface area contributed by atoms with Crippen LogP contribution in [0.2, 0.25) is 0 Å². The number of benzene rings is 1. The molecule has 0 unspecified atom stereocenters. The Balaban J connectivity index is 2.46. The maximum atomic E-state index is 13.3. The number of nitrogens with one attached hydrogen (secondary N) is 2. The van der Waals surface area contributed by atoms with Crippen molar-refractivity contribution < 1.29 is 17.2 Å². The smallest absolute Gasteiger partial charge is 0.211 e. The third-order valence-electron chi connectivity index (χ3n) is 2.59. The fraction of sp³-hybridized carbons (Fsp3) is 0.500. The summed E-state index contributed by atoms with van der Waals surface area (Å²) in [5.74, 6) is -1.44. The summed E-state index contributed by atoms with van der Waals surface area (Å²) in [5, 5.41) is 2.92. The molecule has 2 N–H and O–H groups in total. The van der Waals surface area contributed by atoms with Crippen molar-refractivity contribution in [3.8, 4) is 0 Å². The second-order valence-corrected chi connectivity index (χ2v) is 6.11. The number of sulfonamides is 1. The molecule has 4 nitrogen and oxygen atoms in total. The van der Waals surface area contributed by atoms with Crippen LogP contribution in [-0.2, 0) is 16.6 Å². The van der Waals surface area contributed by atoms with Crippen LogP contribution in [0.1, 0.15) is 18.4 Å². The molecule has 108 valence electrons. The molecule has 0 fully saturated rings. The zero-order valence-corrected chi connectivity index (χ0v) is 11.6. The van der Waals surface area contributed by atoms with Gasteiger partial charge in [0.05, 0.1) is 5.75 Å². The molecule has 0 saturated heterocycles. The van der Waals surface area contributed by atoms with Crippen LogP contribution in [0.3, 0.4) is 0 Å². The lowest BCUT2D eigenvalue weighted by atomic mass is 10.2. The Morgan fingerprint density at radius 2 is 1.95 bits per heavy atom. The van der Waals surface area contributed by atoms with Gasteiger partial charge >= 0.3 is 0 Å². The van der Waals surface area contributed by atoms with Crippen molar-refractivity contribution in [3.05, 3.63) is 35.4 Å². The van der Waals surface area contributed by atoms with E-state index in [0.29, 0.717) is 6.42 Å². The maximum absolute atomic E-state index is 13.3. The molecule has 0 aliphatic heterocycles. The van der Waals surface area contributed by atoms with Gasteiger partial charge in [-0.1, -0.05) is 6.07 Å². The standard InChI is InChI=1S/C12H18F2N2O2S/c1-15-6-2-3-7-19(17,18)16-9-10-4-5-11(13)8-12(10)14/h4-5,8,15-16H,2-3,6-7,9H2,1H3. The number of hydrogen-bond donors (Lipinski definition) is 2. The molecular formula is C12H18F2N2O2S. The molecule has 1 aromatic carbocycles. The van der Waals surface area contributed by atoms with Crippen LogP contribution in [0.15, 0.2) is 18.2 Å². The first kappa shape index (κ1) is 16.0. The van der Waals surface area contributed by atoms with Crippen molar-refractivity contribution >= 4 is 10.0 Å². The number of unbranched alkanes of at least 4 members (excludes halogenated alkanes) is 1. The van der Waals surface area contributed by atoms with E-state index in [9.17, 15) is 17.2 Å². The molecule has 19 heavy (non-hydrogen) atoms. The minimum atomic E-state index is -3.43. The second kappa shape index (κ2) is 7.52. The Morgan fingerprint density at radius 3 is 2.58 bits per heavy atom.